The Hall–Kier alpha value is -2.27. The predicted octanol–water partition coefficient (Wildman–Crippen LogP) is 3.86. The molecular formula is C18H18N2O2S. The van der Waals surface area contributed by atoms with Gasteiger partial charge in [-0.2, -0.15) is 11.8 Å². The third-order valence-electron chi connectivity index (χ3n) is 3.62. The van der Waals surface area contributed by atoms with Gasteiger partial charge < -0.3 is 9.14 Å². The maximum Gasteiger partial charge on any atom is 0.337 e. The second-order valence-corrected chi connectivity index (χ2v) is 6.32. The molecule has 0 saturated heterocycles. The lowest BCUT2D eigenvalue weighted by Gasteiger charge is -2.02. The van der Waals surface area contributed by atoms with Gasteiger partial charge in [0.15, 0.2) is 0 Å². The van der Waals surface area contributed by atoms with Crippen LogP contribution in [0.4, 0.5) is 0 Å². The van der Waals surface area contributed by atoms with E-state index >= 15 is 0 Å². The third-order valence-corrected chi connectivity index (χ3v) is 4.66. The zero-order chi connectivity index (χ0) is 16.2. The molecule has 0 aliphatic rings. The Kier molecular flexibility index (Phi) is 4.67. The number of fused-ring (bicyclic) bond motifs is 1. The zero-order valence-corrected chi connectivity index (χ0v) is 14.0. The molecule has 118 valence electrons. The van der Waals surface area contributed by atoms with Gasteiger partial charge in [-0.25, -0.2) is 9.78 Å². The van der Waals surface area contributed by atoms with Gasteiger partial charge in [0, 0.05) is 23.9 Å². The lowest BCUT2D eigenvalue weighted by Crippen LogP contribution is -2.00. The number of ether oxygens (including phenoxy) is 1. The summed E-state index contributed by atoms with van der Waals surface area (Å²) in [5.41, 5.74) is 5.04. The van der Waals surface area contributed by atoms with Gasteiger partial charge >= 0.3 is 5.97 Å². The van der Waals surface area contributed by atoms with Crippen molar-refractivity contribution >= 4 is 23.4 Å². The van der Waals surface area contributed by atoms with Crippen molar-refractivity contribution in [3.05, 3.63) is 71.2 Å². The molecule has 0 unspecified atom stereocenters. The van der Waals surface area contributed by atoms with Gasteiger partial charge in [-0.3, -0.25) is 0 Å². The number of hydrogen-bond acceptors (Lipinski definition) is 4. The highest BCUT2D eigenvalue weighted by Gasteiger charge is 2.06. The molecular weight excluding hydrogens is 308 g/mol. The van der Waals surface area contributed by atoms with E-state index in [-0.39, 0.29) is 5.97 Å². The van der Waals surface area contributed by atoms with Crippen LogP contribution in [-0.2, 0) is 16.2 Å². The first-order valence-electron chi connectivity index (χ1n) is 7.35. The topological polar surface area (TPSA) is 43.6 Å². The number of carbonyl (C=O) groups excluding carboxylic acids is 1. The number of esters is 1. The minimum Gasteiger partial charge on any atom is -0.465 e. The van der Waals surface area contributed by atoms with E-state index in [0.29, 0.717) is 5.56 Å². The van der Waals surface area contributed by atoms with Gasteiger partial charge in [0.2, 0.25) is 0 Å². The maximum atomic E-state index is 11.4. The summed E-state index contributed by atoms with van der Waals surface area (Å²) >= 11 is 1.81. The summed E-state index contributed by atoms with van der Waals surface area (Å²) in [6.07, 6.45) is 4.10. The molecule has 0 N–H and O–H groups in total. The summed E-state index contributed by atoms with van der Waals surface area (Å²) in [6.45, 7) is 2.07. The van der Waals surface area contributed by atoms with E-state index < -0.39 is 0 Å². The number of aryl methyl sites for hydroxylation is 1. The highest BCUT2D eigenvalue weighted by molar-refractivity contribution is 7.97. The van der Waals surface area contributed by atoms with Crippen LogP contribution in [-0.4, -0.2) is 22.5 Å². The van der Waals surface area contributed by atoms with Gasteiger partial charge in [-0.1, -0.05) is 18.2 Å². The van der Waals surface area contributed by atoms with Gasteiger partial charge in [-0.15, -0.1) is 0 Å². The Bertz CT molecular complexity index is 825. The average Bonchev–Trinajstić information content (AvgIpc) is 2.99. The monoisotopic (exact) mass is 326 g/mol. The SMILES string of the molecule is COC(=O)c1ccc(CSCc2cn3cccc(C)c3n2)cc1. The average molecular weight is 326 g/mol. The molecule has 2 aromatic heterocycles. The van der Waals surface area contributed by atoms with E-state index in [2.05, 4.69) is 28.6 Å². The molecule has 0 radical (unpaired) electrons. The van der Waals surface area contributed by atoms with Gasteiger partial charge in [-0.05, 0) is 36.2 Å². The van der Waals surface area contributed by atoms with Crippen LogP contribution in [0.5, 0.6) is 0 Å². The van der Waals surface area contributed by atoms with Crippen molar-refractivity contribution in [1.82, 2.24) is 9.38 Å². The summed E-state index contributed by atoms with van der Waals surface area (Å²) in [7, 11) is 1.39. The molecule has 2 heterocycles. The Morgan fingerprint density at radius 2 is 2.00 bits per heavy atom. The molecule has 0 amide bonds. The van der Waals surface area contributed by atoms with E-state index in [4.69, 9.17) is 4.74 Å². The molecule has 5 heteroatoms. The number of benzene rings is 1. The number of pyridine rings is 1. The van der Waals surface area contributed by atoms with Crippen molar-refractivity contribution in [1.29, 1.82) is 0 Å². The van der Waals surface area contributed by atoms with Crippen LogP contribution in [0, 0.1) is 6.92 Å². The fourth-order valence-electron chi connectivity index (χ4n) is 2.40. The van der Waals surface area contributed by atoms with Crippen LogP contribution in [0.2, 0.25) is 0 Å². The fraction of sp³-hybridized carbons (Fsp3) is 0.222. The van der Waals surface area contributed by atoms with Crippen LogP contribution >= 0.6 is 11.8 Å². The smallest absolute Gasteiger partial charge is 0.337 e. The number of hydrogen-bond donors (Lipinski definition) is 0. The van der Waals surface area contributed by atoms with Crippen molar-refractivity contribution in [2.24, 2.45) is 0 Å². The van der Waals surface area contributed by atoms with E-state index in [1.165, 1.54) is 18.2 Å². The van der Waals surface area contributed by atoms with Crippen LogP contribution in [0.3, 0.4) is 0 Å². The molecule has 0 saturated carbocycles. The second kappa shape index (κ2) is 6.87. The first kappa shape index (κ1) is 15.6. The molecule has 4 nitrogen and oxygen atoms in total. The second-order valence-electron chi connectivity index (χ2n) is 5.34. The maximum absolute atomic E-state index is 11.4. The first-order chi connectivity index (χ1) is 11.2. The number of imidazole rings is 1. The molecule has 0 atom stereocenters. The van der Waals surface area contributed by atoms with Gasteiger partial charge in [0.25, 0.3) is 0 Å². The fourth-order valence-corrected chi connectivity index (χ4v) is 3.28. The molecule has 1 aromatic carbocycles. The summed E-state index contributed by atoms with van der Waals surface area (Å²) in [4.78, 5) is 16.1. The van der Waals surface area contributed by atoms with Gasteiger partial charge in [0.05, 0.1) is 18.4 Å². The Morgan fingerprint density at radius 1 is 1.22 bits per heavy atom. The molecule has 0 spiro atoms. The van der Waals surface area contributed by atoms with Gasteiger partial charge in [0.1, 0.15) is 5.65 Å². The number of aromatic nitrogens is 2. The summed E-state index contributed by atoms with van der Waals surface area (Å²) < 4.78 is 6.76. The molecule has 0 bridgehead atoms. The predicted molar refractivity (Wildman–Crippen MR) is 92.7 cm³/mol. The highest BCUT2D eigenvalue weighted by atomic mass is 32.2. The minimum atomic E-state index is -0.302. The zero-order valence-electron chi connectivity index (χ0n) is 13.2. The summed E-state index contributed by atoms with van der Waals surface area (Å²) in [5, 5.41) is 0. The lowest BCUT2D eigenvalue weighted by molar-refractivity contribution is 0.0600. The molecule has 3 rings (SSSR count). The van der Waals surface area contributed by atoms with E-state index in [1.807, 2.05) is 36.2 Å². The lowest BCUT2D eigenvalue weighted by atomic mass is 10.1. The molecule has 0 aliphatic heterocycles. The molecule has 0 fully saturated rings. The van der Waals surface area contributed by atoms with Crippen LogP contribution in [0.15, 0.2) is 48.8 Å². The molecule has 0 aliphatic carbocycles. The van der Waals surface area contributed by atoms with Crippen LogP contribution < -0.4 is 0 Å². The Labute approximate surface area is 139 Å². The number of methoxy groups -OCH3 is 1. The Balaban J connectivity index is 1.60. The number of carbonyl (C=O) groups is 1. The third kappa shape index (κ3) is 3.56. The number of nitrogens with zero attached hydrogens (tertiary/aromatic N) is 2. The van der Waals surface area contributed by atoms with E-state index in [0.717, 1.165) is 22.8 Å². The first-order valence-corrected chi connectivity index (χ1v) is 8.51. The quantitative estimate of drug-likeness (QED) is 0.668. The largest absolute Gasteiger partial charge is 0.465 e. The molecule has 3 aromatic rings. The van der Waals surface area contributed by atoms with Crippen molar-refractivity contribution in [3.63, 3.8) is 0 Å². The van der Waals surface area contributed by atoms with Crippen LogP contribution in [0.25, 0.3) is 5.65 Å². The van der Waals surface area contributed by atoms with Crippen molar-refractivity contribution < 1.29 is 9.53 Å². The number of rotatable bonds is 5. The van der Waals surface area contributed by atoms with Crippen molar-refractivity contribution in [2.75, 3.05) is 7.11 Å². The summed E-state index contributed by atoms with van der Waals surface area (Å²) in [5.74, 6) is 1.44. The number of thioether (sulfide) groups is 1. The molecule has 23 heavy (non-hydrogen) atoms. The van der Waals surface area contributed by atoms with E-state index in [1.54, 1.807) is 12.1 Å². The standard InChI is InChI=1S/C18H18N2O2S/c1-13-4-3-9-20-10-16(19-17(13)20)12-23-11-14-5-7-15(8-6-14)18(21)22-2/h3-10H,11-12H2,1-2H3. The normalized spacial score (nSPS) is 10.9. The van der Waals surface area contributed by atoms with E-state index in [9.17, 15) is 4.79 Å². The highest BCUT2D eigenvalue weighted by Crippen LogP contribution is 2.19. The van der Waals surface area contributed by atoms with Crippen molar-refractivity contribution in [2.45, 2.75) is 18.4 Å². The van der Waals surface area contributed by atoms with Crippen molar-refractivity contribution in [3.8, 4) is 0 Å². The minimum absolute atomic E-state index is 0.302. The van der Waals surface area contributed by atoms with Crippen LogP contribution in [0.1, 0.15) is 27.2 Å². The Morgan fingerprint density at radius 3 is 2.70 bits per heavy atom. The summed E-state index contributed by atoms with van der Waals surface area (Å²) in [6, 6.07) is 11.6.